The third kappa shape index (κ3) is 5.00. The van der Waals surface area contributed by atoms with Crippen LogP contribution >= 0.6 is 11.8 Å². The first-order valence-electron chi connectivity index (χ1n) is 11.1. The summed E-state index contributed by atoms with van der Waals surface area (Å²) in [5.41, 5.74) is 2.87. The van der Waals surface area contributed by atoms with Gasteiger partial charge in [0.1, 0.15) is 23.1 Å². The Morgan fingerprint density at radius 3 is 2.43 bits per heavy atom. The minimum absolute atomic E-state index is 0.0357. The minimum Gasteiger partial charge on any atom is -0.457 e. The summed E-state index contributed by atoms with van der Waals surface area (Å²) in [7, 11) is 0. The zero-order chi connectivity index (χ0) is 24.4. The van der Waals surface area contributed by atoms with Crippen molar-refractivity contribution < 1.29 is 13.9 Å². The molecule has 3 heterocycles. The topological polar surface area (TPSA) is 81.1 Å². The Morgan fingerprint density at radius 2 is 1.77 bits per heavy atom. The number of hydrogen-bond acceptors (Lipinski definition) is 5. The van der Waals surface area contributed by atoms with Crippen molar-refractivity contribution in [2.45, 2.75) is 19.3 Å². The lowest BCUT2D eigenvalue weighted by Gasteiger charge is -2.35. The number of urea groups is 1. The van der Waals surface area contributed by atoms with E-state index >= 15 is 0 Å². The number of pyridine rings is 1. The molecule has 2 aromatic heterocycles. The van der Waals surface area contributed by atoms with Crippen molar-refractivity contribution in [1.82, 2.24) is 14.8 Å². The van der Waals surface area contributed by atoms with E-state index in [-0.39, 0.29) is 11.1 Å². The predicted molar refractivity (Wildman–Crippen MR) is 136 cm³/mol. The maximum absolute atomic E-state index is 14.7. The van der Waals surface area contributed by atoms with E-state index in [0.717, 1.165) is 28.5 Å². The second kappa shape index (κ2) is 9.42. The molecule has 2 N–H and O–H groups in total. The molecule has 0 atom stereocenters. The van der Waals surface area contributed by atoms with Gasteiger partial charge in [-0.3, -0.25) is 10.3 Å². The van der Waals surface area contributed by atoms with E-state index in [0.29, 0.717) is 17.3 Å². The highest BCUT2D eigenvalue weighted by atomic mass is 32.2. The van der Waals surface area contributed by atoms with Crippen LogP contribution in [0.15, 0.2) is 73.1 Å². The van der Waals surface area contributed by atoms with Crippen molar-refractivity contribution in [3.8, 4) is 17.2 Å². The summed E-state index contributed by atoms with van der Waals surface area (Å²) in [6, 6.07) is 16.8. The average Bonchev–Trinajstić information content (AvgIpc) is 3.24. The third-order valence-electron chi connectivity index (χ3n) is 5.76. The molecule has 0 radical (unpaired) electrons. The van der Waals surface area contributed by atoms with E-state index in [1.54, 1.807) is 35.3 Å². The second-order valence-electron chi connectivity index (χ2n) is 8.72. The minimum atomic E-state index is -0.613. The summed E-state index contributed by atoms with van der Waals surface area (Å²) in [6.07, 6.45) is 3.17. The molecule has 0 spiro atoms. The van der Waals surface area contributed by atoms with Gasteiger partial charge in [-0.1, -0.05) is 24.6 Å². The van der Waals surface area contributed by atoms with Crippen LogP contribution in [0.3, 0.4) is 0 Å². The van der Waals surface area contributed by atoms with E-state index in [4.69, 9.17) is 9.84 Å². The van der Waals surface area contributed by atoms with Crippen LogP contribution in [-0.4, -0.2) is 32.3 Å². The number of anilines is 2. The number of aromatic nitrogens is 3. The van der Waals surface area contributed by atoms with Crippen LogP contribution in [0.2, 0.25) is 0 Å². The van der Waals surface area contributed by atoms with Crippen molar-refractivity contribution in [3.05, 3.63) is 90.1 Å². The van der Waals surface area contributed by atoms with Gasteiger partial charge in [0.05, 0.1) is 17.1 Å². The molecular weight excluding hydrogens is 465 g/mol. The summed E-state index contributed by atoms with van der Waals surface area (Å²) in [5.74, 6) is 2.70. The predicted octanol–water partition coefficient (Wildman–Crippen LogP) is 6.16. The van der Waals surface area contributed by atoms with Gasteiger partial charge in [-0.25, -0.2) is 13.9 Å². The van der Waals surface area contributed by atoms with Crippen molar-refractivity contribution in [1.29, 1.82) is 0 Å². The number of ether oxygens (including phenoxy) is 1. The van der Waals surface area contributed by atoms with Crippen LogP contribution in [-0.2, 0) is 5.41 Å². The fourth-order valence-corrected chi connectivity index (χ4v) is 4.79. The molecule has 2 aromatic carbocycles. The van der Waals surface area contributed by atoms with Crippen LogP contribution < -0.4 is 15.4 Å². The molecule has 0 unspecified atom stereocenters. The number of thioether (sulfide) groups is 1. The first kappa shape index (κ1) is 22.9. The van der Waals surface area contributed by atoms with Gasteiger partial charge in [0.2, 0.25) is 0 Å². The summed E-state index contributed by atoms with van der Waals surface area (Å²) >= 11 is 1.87. The molecule has 178 valence electrons. The largest absolute Gasteiger partial charge is 0.457 e. The van der Waals surface area contributed by atoms with Gasteiger partial charge in [-0.05, 0) is 43.3 Å². The molecule has 9 heteroatoms. The maximum Gasteiger partial charge on any atom is 0.324 e. The molecule has 35 heavy (non-hydrogen) atoms. The number of aryl methyl sites for hydroxylation is 1. The van der Waals surface area contributed by atoms with Crippen molar-refractivity contribution >= 4 is 29.3 Å². The number of nitrogens with one attached hydrogen (secondary N) is 2. The third-order valence-corrected chi connectivity index (χ3v) is 7.45. The number of carbonyl (C=O) groups is 1. The Bertz CT molecular complexity index is 1350. The first-order valence-corrected chi connectivity index (χ1v) is 12.3. The quantitative estimate of drug-likeness (QED) is 0.339. The molecule has 1 saturated heterocycles. The highest BCUT2D eigenvalue weighted by Gasteiger charge is 2.37. The van der Waals surface area contributed by atoms with Crippen molar-refractivity contribution in [2.24, 2.45) is 0 Å². The molecule has 1 aliphatic heterocycles. The Balaban J connectivity index is 1.34. The van der Waals surface area contributed by atoms with E-state index < -0.39 is 11.8 Å². The smallest absolute Gasteiger partial charge is 0.324 e. The Kier molecular flexibility index (Phi) is 6.17. The monoisotopic (exact) mass is 489 g/mol. The Labute approximate surface area is 206 Å². The number of benzene rings is 2. The summed E-state index contributed by atoms with van der Waals surface area (Å²) in [4.78, 5) is 16.7. The number of rotatable bonds is 6. The fraction of sp³-hybridized carbons (Fsp3) is 0.192. The molecule has 2 amide bonds. The van der Waals surface area contributed by atoms with Crippen LogP contribution in [0.25, 0.3) is 5.69 Å². The lowest BCUT2D eigenvalue weighted by atomic mass is 9.91. The summed E-state index contributed by atoms with van der Waals surface area (Å²) < 4.78 is 22.0. The number of nitrogens with zero attached hydrogens (tertiary/aromatic N) is 3. The number of halogens is 1. The van der Waals surface area contributed by atoms with E-state index in [9.17, 15) is 9.18 Å². The lowest BCUT2D eigenvalue weighted by Crippen LogP contribution is -2.37. The number of hydrogen-bond donors (Lipinski definition) is 2. The lowest BCUT2D eigenvalue weighted by molar-refractivity contribution is 0.262. The second-order valence-corrected chi connectivity index (χ2v) is 9.71. The maximum atomic E-state index is 14.7. The molecule has 5 rings (SSSR count). The van der Waals surface area contributed by atoms with Gasteiger partial charge in [0.15, 0.2) is 0 Å². The molecule has 1 aliphatic rings. The van der Waals surface area contributed by atoms with Crippen LogP contribution in [0.4, 0.5) is 20.7 Å². The molecule has 0 aliphatic carbocycles. The molecular formula is C26H24FN5O2S. The highest BCUT2D eigenvalue weighted by Crippen LogP contribution is 2.41. The molecule has 4 aromatic rings. The van der Waals surface area contributed by atoms with E-state index in [1.807, 2.05) is 49.0 Å². The Hall–Kier alpha value is -3.85. The first-order chi connectivity index (χ1) is 16.9. The van der Waals surface area contributed by atoms with Crippen molar-refractivity contribution in [3.63, 3.8) is 0 Å². The van der Waals surface area contributed by atoms with Gasteiger partial charge < -0.3 is 10.1 Å². The molecule has 7 nitrogen and oxygen atoms in total. The van der Waals surface area contributed by atoms with Gasteiger partial charge in [-0.2, -0.15) is 16.9 Å². The summed E-state index contributed by atoms with van der Waals surface area (Å²) in [6.45, 7) is 4.18. The van der Waals surface area contributed by atoms with Crippen LogP contribution in [0.1, 0.15) is 18.2 Å². The number of amides is 2. The Morgan fingerprint density at radius 1 is 1.03 bits per heavy atom. The number of carbonyl (C=O) groups excluding carboxylic acids is 1. The van der Waals surface area contributed by atoms with Gasteiger partial charge >= 0.3 is 6.03 Å². The van der Waals surface area contributed by atoms with Gasteiger partial charge in [-0.15, -0.1) is 0 Å². The average molecular weight is 490 g/mol. The van der Waals surface area contributed by atoms with E-state index in [1.165, 1.54) is 12.1 Å². The van der Waals surface area contributed by atoms with Crippen LogP contribution in [0, 0.1) is 12.7 Å². The standard InChI is InChI=1S/C26H24FN5O2S/c1-17-3-5-18(6-4-17)32-24(14-23(31-32)26(2)15-35-16-26)30-25(33)29-22-8-7-20(13-21(22)27)34-19-9-11-28-12-10-19/h3-14H,15-16H2,1-2H3,(H2,29,30,33). The fourth-order valence-electron chi connectivity index (χ4n) is 3.68. The zero-order valence-electron chi connectivity index (χ0n) is 19.3. The van der Waals surface area contributed by atoms with Crippen LogP contribution in [0.5, 0.6) is 11.5 Å². The zero-order valence-corrected chi connectivity index (χ0v) is 20.1. The SMILES string of the molecule is Cc1ccc(-n2nc(C3(C)CSC3)cc2NC(=O)Nc2ccc(Oc3ccncc3)cc2F)cc1. The molecule has 0 saturated carbocycles. The normalized spacial score (nSPS) is 14.1. The van der Waals surface area contributed by atoms with Crippen molar-refractivity contribution in [2.75, 3.05) is 22.1 Å². The summed E-state index contributed by atoms with van der Waals surface area (Å²) in [5, 5.41) is 10.2. The van der Waals surface area contributed by atoms with Gasteiger partial charge in [0.25, 0.3) is 0 Å². The van der Waals surface area contributed by atoms with E-state index in [2.05, 4.69) is 22.5 Å². The molecule has 1 fully saturated rings. The molecule has 0 bridgehead atoms. The highest BCUT2D eigenvalue weighted by molar-refractivity contribution is 8.00. The van der Waals surface area contributed by atoms with Gasteiger partial charge in [0, 0.05) is 41.4 Å².